The summed E-state index contributed by atoms with van der Waals surface area (Å²) in [5.41, 5.74) is 3.07. The minimum atomic E-state index is -0.410. The summed E-state index contributed by atoms with van der Waals surface area (Å²) in [4.78, 5) is 18.5. The molecule has 20 heavy (non-hydrogen) atoms. The number of rotatable bonds is 3. The smallest absolute Gasteiger partial charge is 0.354 e. The molecule has 0 saturated carbocycles. The molecule has 1 N–H and O–H groups in total. The minimum Gasteiger partial charge on any atom is -0.378 e. The largest absolute Gasteiger partial charge is 0.378 e. The summed E-state index contributed by atoms with van der Waals surface area (Å²) in [5, 5.41) is 0.858. The number of amides is 2. The first-order valence-electron chi connectivity index (χ1n) is 5.78. The summed E-state index contributed by atoms with van der Waals surface area (Å²) < 4.78 is 0. The molecular weight excluding hydrogens is 299 g/mol. The number of hydrogen-bond donors (Lipinski definition) is 1. The molecule has 0 aromatic heterocycles. The van der Waals surface area contributed by atoms with Gasteiger partial charge in [-0.05, 0) is 18.2 Å². The van der Waals surface area contributed by atoms with E-state index in [0.29, 0.717) is 15.8 Å². The number of hydroxylamine groups is 1. The molecule has 2 amide bonds. The molecular formula is C14H12Cl2N2O2. The second-order valence-electron chi connectivity index (χ2n) is 4.01. The molecule has 0 atom stereocenters. The van der Waals surface area contributed by atoms with Gasteiger partial charge in [-0.25, -0.2) is 4.79 Å². The number of anilines is 1. The normalized spacial score (nSPS) is 9.95. The van der Waals surface area contributed by atoms with Gasteiger partial charge in [0.15, 0.2) is 5.75 Å². The van der Waals surface area contributed by atoms with Crippen LogP contribution in [-0.2, 0) is 0 Å². The molecule has 0 heterocycles. The van der Waals surface area contributed by atoms with E-state index in [4.69, 9.17) is 28.0 Å². The fourth-order valence-electron chi connectivity index (χ4n) is 1.53. The lowest BCUT2D eigenvalue weighted by Crippen LogP contribution is -2.39. The van der Waals surface area contributed by atoms with Crippen LogP contribution in [0.2, 0.25) is 10.0 Å². The molecule has 0 radical (unpaired) electrons. The Balaban J connectivity index is 1.98. The molecule has 4 nitrogen and oxygen atoms in total. The van der Waals surface area contributed by atoms with Crippen LogP contribution in [0.4, 0.5) is 10.5 Å². The number of urea groups is 1. The second kappa shape index (κ2) is 6.50. The van der Waals surface area contributed by atoms with E-state index in [-0.39, 0.29) is 0 Å². The van der Waals surface area contributed by atoms with Crippen molar-refractivity contribution in [3.05, 3.63) is 58.6 Å². The van der Waals surface area contributed by atoms with Crippen molar-refractivity contribution < 1.29 is 9.63 Å². The molecule has 0 aliphatic heterocycles. The first kappa shape index (κ1) is 14.5. The SMILES string of the molecule is CN(C(=O)NOc1cc(Cl)cc(Cl)c1)c1ccccc1. The van der Waals surface area contributed by atoms with Gasteiger partial charge in [-0.15, -0.1) is 0 Å². The van der Waals surface area contributed by atoms with Crippen molar-refractivity contribution in [1.29, 1.82) is 0 Å². The van der Waals surface area contributed by atoms with Gasteiger partial charge in [0.2, 0.25) is 0 Å². The van der Waals surface area contributed by atoms with Crippen LogP contribution in [0.1, 0.15) is 0 Å². The van der Waals surface area contributed by atoms with Crippen LogP contribution in [0.25, 0.3) is 0 Å². The predicted molar refractivity (Wildman–Crippen MR) is 80.5 cm³/mol. The third-order valence-corrected chi connectivity index (χ3v) is 2.98. The van der Waals surface area contributed by atoms with Crippen molar-refractivity contribution in [1.82, 2.24) is 5.48 Å². The Hall–Kier alpha value is -1.91. The maximum atomic E-state index is 11.9. The highest BCUT2D eigenvalue weighted by molar-refractivity contribution is 6.34. The maximum absolute atomic E-state index is 11.9. The second-order valence-corrected chi connectivity index (χ2v) is 4.88. The standard InChI is InChI=1S/C14H12Cl2N2O2/c1-18(12-5-3-2-4-6-12)14(19)17-20-13-8-10(15)7-11(16)9-13/h2-9H,1H3,(H,17,19). The summed E-state index contributed by atoms with van der Waals surface area (Å²) in [5.74, 6) is 0.359. The molecule has 0 aliphatic rings. The number of nitrogens with one attached hydrogen (secondary N) is 1. The fourth-order valence-corrected chi connectivity index (χ4v) is 2.03. The molecule has 104 valence electrons. The molecule has 0 aliphatic carbocycles. The van der Waals surface area contributed by atoms with E-state index in [1.54, 1.807) is 25.2 Å². The fraction of sp³-hybridized carbons (Fsp3) is 0.0714. The highest BCUT2D eigenvalue weighted by Gasteiger charge is 2.11. The van der Waals surface area contributed by atoms with Gasteiger partial charge in [-0.1, -0.05) is 41.4 Å². The van der Waals surface area contributed by atoms with Crippen LogP contribution >= 0.6 is 23.2 Å². The Morgan fingerprint density at radius 3 is 2.30 bits per heavy atom. The number of carbonyl (C=O) groups excluding carboxylic acids is 1. The van der Waals surface area contributed by atoms with Gasteiger partial charge in [0, 0.05) is 34.9 Å². The first-order valence-corrected chi connectivity index (χ1v) is 6.53. The molecule has 2 rings (SSSR count). The molecule has 6 heteroatoms. The Morgan fingerprint density at radius 1 is 1.10 bits per heavy atom. The zero-order valence-corrected chi connectivity index (χ0v) is 12.2. The van der Waals surface area contributed by atoms with Crippen LogP contribution in [0.15, 0.2) is 48.5 Å². The zero-order chi connectivity index (χ0) is 14.5. The highest BCUT2D eigenvalue weighted by atomic mass is 35.5. The van der Waals surface area contributed by atoms with Crippen LogP contribution in [0.5, 0.6) is 5.75 Å². The van der Waals surface area contributed by atoms with Gasteiger partial charge in [-0.3, -0.25) is 4.90 Å². The quantitative estimate of drug-likeness (QED) is 0.866. The van der Waals surface area contributed by atoms with E-state index in [2.05, 4.69) is 5.48 Å². The van der Waals surface area contributed by atoms with Gasteiger partial charge in [0.25, 0.3) is 0 Å². The van der Waals surface area contributed by atoms with E-state index in [0.717, 1.165) is 5.69 Å². The number of carbonyl (C=O) groups is 1. The number of benzene rings is 2. The van der Waals surface area contributed by atoms with Crippen molar-refractivity contribution >= 4 is 34.9 Å². The van der Waals surface area contributed by atoms with Crippen LogP contribution in [0, 0.1) is 0 Å². The lowest BCUT2D eigenvalue weighted by molar-refractivity contribution is 0.184. The van der Waals surface area contributed by atoms with Gasteiger partial charge in [-0.2, -0.15) is 5.48 Å². The molecule has 2 aromatic rings. The van der Waals surface area contributed by atoms with Crippen LogP contribution in [0.3, 0.4) is 0 Å². The highest BCUT2D eigenvalue weighted by Crippen LogP contribution is 2.23. The Bertz CT molecular complexity index is 585. The number of nitrogens with zero attached hydrogens (tertiary/aromatic N) is 1. The van der Waals surface area contributed by atoms with Crippen molar-refractivity contribution in [3.8, 4) is 5.75 Å². The van der Waals surface area contributed by atoms with Gasteiger partial charge >= 0.3 is 6.03 Å². The van der Waals surface area contributed by atoms with Gasteiger partial charge in [0.1, 0.15) is 0 Å². The van der Waals surface area contributed by atoms with Crippen molar-refractivity contribution in [2.45, 2.75) is 0 Å². The average molecular weight is 311 g/mol. The molecule has 0 spiro atoms. The minimum absolute atomic E-state index is 0.359. The molecule has 0 unspecified atom stereocenters. The van der Waals surface area contributed by atoms with E-state index >= 15 is 0 Å². The van der Waals surface area contributed by atoms with Crippen molar-refractivity contribution in [3.63, 3.8) is 0 Å². The third-order valence-electron chi connectivity index (χ3n) is 2.54. The topological polar surface area (TPSA) is 41.6 Å². The average Bonchev–Trinajstić information content (AvgIpc) is 2.44. The number of halogens is 2. The maximum Gasteiger partial charge on any atom is 0.354 e. The van der Waals surface area contributed by atoms with Crippen molar-refractivity contribution in [2.24, 2.45) is 0 Å². The predicted octanol–water partition coefficient (Wildman–Crippen LogP) is 4.13. The Kier molecular flexibility index (Phi) is 4.71. The number of para-hydroxylation sites is 1. The summed E-state index contributed by atoms with van der Waals surface area (Å²) in [7, 11) is 1.64. The Labute approximate surface area is 126 Å². The lowest BCUT2D eigenvalue weighted by Gasteiger charge is -2.17. The van der Waals surface area contributed by atoms with Gasteiger partial charge < -0.3 is 4.84 Å². The van der Waals surface area contributed by atoms with Crippen LogP contribution < -0.4 is 15.2 Å². The Morgan fingerprint density at radius 2 is 1.70 bits per heavy atom. The summed E-state index contributed by atoms with van der Waals surface area (Å²) in [6.07, 6.45) is 0. The molecule has 0 bridgehead atoms. The lowest BCUT2D eigenvalue weighted by atomic mass is 10.3. The van der Waals surface area contributed by atoms with E-state index in [9.17, 15) is 4.79 Å². The summed E-state index contributed by atoms with van der Waals surface area (Å²) >= 11 is 11.7. The van der Waals surface area contributed by atoms with E-state index < -0.39 is 6.03 Å². The number of hydrogen-bond acceptors (Lipinski definition) is 2. The molecule has 0 saturated heterocycles. The van der Waals surface area contributed by atoms with E-state index in [1.165, 1.54) is 4.90 Å². The van der Waals surface area contributed by atoms with Crippen LogP contribution in [-0.4, -0.2) is 13.1 Å². The van der Waals surface area contributed by atoms with Gasteiger partial charge in [0.05, 0.1) is 0 Å². The third kappa shape index (κ3) is 3.79. The molecule has 0 fully saturated rings. The first-order chi connectivity index (χ1) is 9.56. The summed E-state index contributed by atoms with van der Waals surface area (Å²) in [6, 6.07) is 13.5. The van der Waals surface area contributed by atoms with Crippen molar-refractivity contribution in [2.75, 3.05) is 11.9 Å². The van der Waals surface area contributed by atoms with E-state index in [1.807, 2.05) is 30.3 Å². The zero-order valence-electron chi connectivity index (χ0n) is 10.6. The monoisotopic (exact) mass is 310 g/mol. The molecule has 2 aromatic carbocycles. The summed E-state index contributed by atoms with van der Waals surface area (Å²) in [6.45, 7) is 0.